The minimum absolute atomic E-state index is 0.328. The SMILES string of the molecule is COC(=O)c1cccc(CSc2nn(-c3ccccc3)c(=S)s2)c1. The van der Waals surface area contributed by atoms with E-state index in [1.54, 1.807) is 22.5 Å². The molecule has 0 amide bonds. The van der Waals surface area contributed by atoms with Crippen LogP contribution in [0, 0.1) is 3.95 Å². The highest BCUT2D eigenvalue weighted by Crippen LogP contribution is 2.27. The zero-order valence-corrected chi connectivity index (χ0v) is 15.3. The number of thioether (sulfide) groups is 1. The lowest BCUT2D eigenvalue weighted by Gasteiger charge is -2.03. The highest BCUT2D eigenvalue weighted by atomic mass is 32.2. The summed E-state index contributed by atoms with van der Waals surface area (Å²) in [5, 5.41) is 4.57. The summed E-state index contributed by atoms with van der Waals surface area (Å²) in [6.45, 7) is 0. The zero-order valence-electron chi connectivity index (χ0n) is 12.8. The Bertz CT molecular complexity index is 903. The number of rotatable bonds is 5. The van der Waals surface area contributed by atoms with Crippen LogP contribution in [0.3, 0.4) is 0 Å². The summed E-state index contributed by atoms with van der Waals surface area (Å²) in [4.78, 5) is 11.6. The molecule has 2 aromatic carbocycles. The Labute approximate surface area is 153 Å². The van der Waals surface area contributed by atoms with Gasteiger partial charge in [0.05, 0.1) is 18.4 Å². The third-order valence-electron chi connectivity index (χ3n) is 3.24. The van der Waals surface area contributed by atoms with Crippen LogP contribution < -0.4 is 0 Å². The third kappa shape index (κ3) is 3.92. The number of carbonyl (C=O) groups excluding carboxylic acids is 1. The zero-order chi connectivity index (χ0) is 16.9. The predicted octanol–water partition coefficient (Wildman–Crippen LogP) is 4.74. The number of para-hydroxylation sites is 1. The lowest BCUT2D eigenvalue weighted by Crippen LogP contribution is -2.01. The summed E-state index contributed by atoms with van der Waals surface area (Å²) in [6.07, 6.45) is 0. The van der Waals surface area contributed by atoms with Crippen molar-refractivity contribution in [3.63, 3.8) is 0 Å². The van der Waals surface area contributed by atoms with E-state index in [0.29, 0.717) is 15.3 Å². The first-order valence-electron chi connectivity index (χ1n) is 7.13. The van der Waals surface area contributed by atoms with Gasteiger partial charge in [-0.1, -0.05) is 53.4 Å². The minimum atomic E-state index is -0.328. The van der Waals surface area contributed by atoms with Gasteiger partial charge in [0.25, 0.3) is 0 Å². The number of ether oxygens (including phenoxy) is 1. The van der Waals surface area contributed by atoms with E-state index in [9.17, 15) is 4.79 Å². The summed E-state index contributed by atoms with van der Waals surface area (Å²) < 4.78 is 8.13. The average Bonchev–Trinajstić information content (AvgIpc) is 3.01. The third-order valence-corrected chi connectivity index (χ3v) is 5.68. The van der Waals surface area contributed by atoms with Gasteiger partial charge in [-0.2, -0.15) is 0 Å². The number of carbonyl (C=O) groups is 1. The maximum absolute atomic E-state index is 11.6. The van der Waals surface area contributed by atoms with E-state index < -0.39 is 0 Å². The first-order chi connectivity index (χ1) is 11.7. The molecule has 1 aromatic heterocycles. The Morgan fingerprint density at radius 2 is 2.04 bits per heavy atom. The number of methoxy groups -OCH3 is 1. The second-order valence-corrected chi connectivity index (χ2v) is 7.71. The molecule has 0 bridgehead atoms. The fourth-order valence-electron chi connectivity index (χ4n) is 2.10. The first-order valence-corrected chi connectivity index (χ1v) is 9.34. The number of aromatic nitrogens is 2. The number of hydrogen-bond acceptors (Lipinski definition) is 6. The summed E-state index contributed by atoms with van der Waals surface area (Å²) in [7, 11) is 1.38. The molecule has 0 atom stereocenters. The van der Waals surface area contributed by atoms with E-state index >= 15 is 0 Å². The van der Waals surface area contributed by atoms with E-state index in [2.05, 4.69) is 5.10 Å². The van der Waals surface area contributed by atoms with Crippen molar-refractivity contribution in [2.24, 2.45) is 0 Å². The van der Waals surface area contributed by atoms with Crippen LogP contribution in [0.15, 0.2) is 58.9 Å². The molecule has 7 heteroatoms. The molecule has 0 spiro atoms. The van der Waals surface area contributed by atoms with E-state index in [1.165, 1.54) is 18.4 Å². The molecular formula is C17H14N2O2S3. The van der Waals surface area contributed by atoms with Crippen molar-refractivity contribution in [1.29, 1.82) is 0 Å². The highest BCUT2D eigenvalue weighted by Gasteiger charge is 2.09. The van der Waals surface area contributed by atoms with Crippen molar-refractivity contribution in [2.45, 2.75) is 10.1 Å². The molecule has 0 fully saturated rings. The first kappa shape index (κ1) is 16.9. The van der Waals surface area contributed by atoms with E-state index in [4.69, 9.17) is 17.0 Å². The maximum Gasteiger partial charge on any atom is 0.337 e. The Morgan fingerprint density at radius 1 is 1.25 bits per heavy atom. The van der Waals surface area contributed by atoms with Crippen LogP contribution in [0.2, 0.25) is 0 Å². The number of esters is 1. The summed E-state index contributed by atoms with van der Waals surface area (Å²) in [6, 6.07) is 17.3. The molecule has 0 unspecified atom stereocenters. The number of hydrogen-bond donors (Lipinski definition) is 0. The standard InChI is InChI=1S/C17H14N2O2S3/c1-21-15(20)13-7-5-6-12(10-13)11-23-16-18-19(17(22)24-16)14-8-3-2-4-9-14/h2-10H,11H2,1H3. The molecule has 0 saturated carbocycles. The van der Waals surface area contributed by atoms with Gasteiger partial charge >= 0.3 is 5.97 Å². The van der Waals surface area contributed by atoms with Gasteiger partial charge in [-0.05, 0) is 42.0 Å². The molecule has 3 rings (SSSR count). The lowest BCUT2D eigenvalue weighted by molar-refractivity contribution is 0.0600. The molecule has 122 valence electrons. The highest BCUT2D eigenvalue weighted by molar-refractivity contribution is 8.00. The smallest absolute Gasteiger partial charge is 0.337 e. The molecule has 0 radical (unpaired) electrons. The quantitative estimate of drug-likeness (QED) is 0.367. The fourth-order valence-corrected chi connectivity index (χ4v) is 4.41. The molecule has 24 heavy (non-hydrogen) atoms. The Morgan fingerprint density at radius 3 is 2.79 bits per heavy atom. The van der Waals surface area contributed by atoms with Crippen LogP contribution in [0.1, 0.15) is 15.9 Å². The Kier molecular flexibility index (Phi) is 5.44. The van der Waals surface area contributed by atoms with Crippen LogP contribution >= 0.6 is 35.3 Å². The lowest BCUT2D eigenvalue weighted by atomic mass is 10.1. The van der Waals surface area contributed by atoms with Crippen LogP contribution in [0.5, 0.6) is 0 Å². The summed E-state index contributed by atoms with van der Waals surface area (Å²) in [5.41, 5.74) is 2.55. The molecule has 3 aromatic rings. The summed E-state index contributed by atoms with van der Waals surface area (Å²) >= 11 is 8.48. The van der Waals surface area contributed by atoms with Crippen molar-refractivity contribution in [2.75, 3.05) is 7.11 Å². The fraction of sp³-hybridized carbons (Fsp3) is 0.118. The number of nitrogens with zero attached hydrogens (tertiary/aromatic N) is 2. The second-order valence-electron chi connectivity index (χ2n) is 4.86. The minimum Gasteiger partial charge on any atom is -0.465 e. The molecule has 1 heterocycles. The van der Waals surface area contributed by atoms with Gasteiger partial charge in [0.1, 0.15) is 0 Å². The van der Waals surface area contributed by atoms with Crippen molar-refractivity contribution in [1.82, 2.24) is 9.78 Å². The molecule has 0 saturated heterocycles. The van der Waals surface area contributed by atoms with Gasteiger partial charge in [-0.3, -0.25) is 0 Å². The van der Waals surface area contributed by atoms with Gasteiger partial charge in [-0.15, -0.1) is 5.10 Å². The molecule has 0 aliphatic carbocycles. The molecule has 0 aliphatic heterocycles. The van der Waals surface area contributed by atoms with E-state index in [1.807, 2.05) is 48.5 Å². The summed E-state index contributed by atoms with van der Waals surface area (Å²) in [5.74, 6) is 0.382. The van der Waals surface area contributed by atoms with Crippen LogP contribution in [0.4, 0.5) is 0 Å². The topological polar surface area (TPSA) is 44.1 Å². The van der Waals surface area contributed by atoms with Crippen LogP contribution in [0.25, 0.3) is 5.69 Å². The van der Waals surface area contributed by atoms with Gasteiger partial charge in [0, 0.05) is 5.75 Å². The van der Waals surface area contributed by atoms with Crippen molar-refractivity contribution in [3.8, 4) is 5.69 Å². The normalized spacial score (nSPS) is 10.5. The molecule has 0 N–H and O–H groups in total. The molecule has 0 aliphatic rings. The van der Waals surface area contributed by atoms with Crippen molar-refractivity contribution >= 4 is 41.3 Å². The van der Waals surface area contributed by atoms with Gasteiger partial charge < -0.3 is 4.74 Å². The van der Waals surface area contributed by atoms with E-state index in [0.717, 1.165) is 15.6 Å². The Balaban J connectivity index is 1.74. The number of benzene rings is 2. The maximum atomic E-state index is 11.6. The van der Waals surface area contributed by atoms with Gasteiger partial charge in [0.2, 0.25) is 0 Å². The van der Waals surface area contributed by atoms with Crippen molar-refractivity contribution in [3.05, 3.63) is 69.7 Å². The molecule has 4 nitrogen and oxygen atoms in total. The van der Waals surface area contributed by atoms with Gasteiger partial charge in [-0.25, -0.2) is 9.48 Å². The largest absolute Gasteiger partial charge is 0.465 e. The molecular weight excluding hydrogens is 360 g/mol. The van der Waals surface area contributed by atoms with E-state index in [-0.39, 0.29) is 5.97 Å². The monoisotopic (exact) mass is 374 g/mol. The Hall–Kier alpha value is -1.96. The predicted molar refractivity (Wildman–Crippen MR) is 99.6 cm³/mol. The second kappa shape index (κ2) is 7.74. The van der Waals surface area contributed by atoms with Crippen LogP contribution in [-0.4, -0.2) is 22.9 Å². The van der Waals surface area contributed by atoms with Crippen LogP contribution in [-0.2, 0) is 10.5 Å². The van der Waals surface area contributed by atoms with Crippen molar-refractivity contribution < 1.29 is 9.53 Å². The average molecular weight is 375 g/mol. The van der Waals surface area contributed by atoms with Gasteiger partial charge in [0.15, 0.2) is 8.29 Å².